The van der Waals surface area contributed by atoms with Crippen LogP contribution in [0, 0.1) is 0 Å². The van der Waals surface area contributed by atoms with E-state index in [1.807, 2.05) is 30.3 Å². The van der Waals surface area contributed by atoms with Gasteiger partial charge in [-0.2, -0.15) is 0 Å². The summed E-state index contributed by atoms with van der Waals surface area (Å²) >= 11 is 0. The second-order valence-corrected chi connectivity index (χ2v) is 6.87. The highest BCUT2D eigenvalue weighted by Gasteiger charge is 2.26. The van der Waals surface area contributed by atoms with Crippen LogP contribution in [0.4, 0.5) is 0 Å². The topological polar surface area (TPSA) is 179 Å². The van der Waals surface area contributed by atoms with Crippen molar-refractivity contribution in [3.05, 3.63) is 66.0 Å². The molecule has 10 heteroatoms. The molecule has 0 fully saturated rings. The number of carbonyl (C=O) groups excluding carboxylic acids is 3. The van der Waals surface area contributed by atoms with Gasteiger partial charge in [0.25, 0.3) is 5.91 Å². The maximum absolute atomic E-state index is 13.0. The third-order valence-electron chi connectivity index (χ3n) is 4.43. The fraction of sp³-hybridized carbons (Fsp3) is 0.286. The van der Waals surface area contributed by atoms with Crippen LogP contribution in [0.2, 0.25) is 0 Å². The van der Waals surface area contributed by atoms with Crippen molar-refractivity contribution in [2.75, 3.05) is 6.54 Å². The van der Waals surface area contributed by atoms with Crippen LogP contribution >= 0.6 is 0 Å². The van der Waals surface area contributed by atoms with Crippen molar-refractivity contribution in [2.24, 2.45) is 22.2 Å². The number of aromatic nitrogens is 1. The van der Waals surface area contributed by atoms with E-state index in [1.54, 1.807) is 18.3 Å². The summed E-state index contributed by atoms with van der Waals surface area (Å²) in [4.78, 5) is 45.1. The molecule has 0 bridgehead atoms. The molecule has 0 unspecified atom stereocenters. The molecule has 1 aromatic heterocycles. The van der Waals surface area contributed by atoms with Gasteiger partial charge in [-0.15, -0.1) is 0 Å². The first-order chi connectivity index (χ1) is 14.9. The van der Waals surface area contributed by atoms with Gasteiger partial charge < -0.3 is 27.8 Å². The largest absolute Gasteiger partial charge is 0.370 e. The highest BCUT2D eigenvalue weighted by molar-refractivity contribution is 5.98. The molecule has 1 heterocycles. The van der Waals surface area contributed by atoms with E-state index < -0.39 is 29.8 Å². The second-order valence-electron chi connectivity index (χ2n) is 6.87. The highest BCUT2D eigenvalue weighted by Crippen LogP contribution is 2.07. The number of primary amides is 1. The fourth-order valence-corrected chi connectivity index (χ4v) is 2.86. The first-order valence-electron chi connectivity index (χ1n) is 9.76. The molecule has 10 nitrogen and oxygen atoms in total. The number of benzene rings is 1. The number of aliphatic imine (C=N–C) groups is 1. The normalized spacial score (nSPS) is 12.3. The summed E-state index contributed by atoms with van der Waals surface area (Å²) in [7, 11) is 0. The molecule has 0 radical (unpaired) electrons. The minimum Gasteiger partial charge on any atom is -0.370 e. The number of nitrogens with two attached hydrogens (primary N) is 3. The number of hydrogen-bond acceptors (Lipinski definition) is 5. The molecule has 2 atom stereocenters. The van der Waals surface area contributed by atoms with Gasteiger partial charge in [0.2, 0.25) is 11.8 Å². The lowest BCUT2D eigenvalue weighted by Gasteiger charge is -2.22. The van der Waals surface area contributed by atoms with Crippen LogP contribution in [0.5, 0.6) is 0 Å². The summed E-state index contributed by atoms with van der Waals surface area (Å²) in [5.41, 5.74) is 17.2. The van der Waals surface area contributed by atoms with E-state index in [1.165, 1.54) is 6.20 Å². The number of nitrogens with zero attached hydrogens (tertiary/aromatic N) is 2. The van der Waals surface area contributed by atoms with Crippen LogP contribution < -0.4 is 27.8 Å². The molecule has 1 aromatic carbocycles. The zero-order valence-electron chi connectivity index (χ0n) is 17.0. The number of nitrogens with one attached hydrogen (secondary N) is 2. The van der Waals surface area contributed by atoms with Gasteiger partial charge in [-0.05, 0) is 30.5 Å². The molecule has 2 rings (SSSR count). The third kappa shape index (κ3) is 8.13. The van der Waals surface area contributed by atoms with Gasteiger partial charge in [0.05, 0.1) is 5.56 Å². The maximum atomic E-state index is 13.0. The van der Waals surface area contributed by atoms with Gasteiger partial charge in [-0.25, -0.2) is 0 Å². The Kier molecular flexibility index (Phi) is 8.96. The van der Waals surface area contributed by atoms with Gasteiger partial charge in [-0.1, -0.05) is 30.3 Å². The first kappa shape index (κ1) is 23.3. The summed E-state index contributed by atoms with van der Waals surface area (Å²) in [6.45, 7) is 0.299. The number of hydrogen-bond donors (Lipinski definition) is 5. The van der Waals surface area contributed by atoms with E-state index in [2.05, 4.69) is 20.6 Å². The van der Waals surface area contributed by atoms with Gasteiger partial charge in [0, 0.05) is 25.4 Å². The van der Waals surface area contributed by atoms with Crippen LogP contribution in [0.25, 0.3) is 0 Å². The Morgan fingerprint density at radius 3 is 2.32 bits per heavy atom. The molecule has 8 N–H and O–H groups in total. The van der Waals surface area contributed by atoms with E-state index in [9.17, 15) is 14.4 Å². The van der Waals surface area contributed by atoms with E-state index in [-0.39, 0.29) is 18.8 Å². The van der Waals surface area contributed by atoms with Crippen molar-refractivity contribution in [3.63, 3.8) is 0 Å². The van der Waals surface area contributed by atoms with Crippen molar-refractivity contribution in [3.8, 4) is 0 Å². The molecule has 3 amide bonds. The Bertz CT molecular complexity index is 900. The molecule has 0 saturated heterocycles. The highest BCUT2D eigenvalue weighted by atomic mass is 16.2. The van der Waals surface area contributed by atoms with E-state index in [0.29, 0.717) is 18.5 Å². The standard InChI is InChI=1S/C21H27N7O3/c22-18(29)16(9-5-11-26-21(23)24)27-20(31)17(12-14-6-2-1-3-7-14)28-19(30)15-8-4-10-25-13-15/h1-4,6-8,10,13,16-17H,5,9,11-12H2,(H2,22,29)(H,27,31)(H,28,30)(H4,23,24,26)/t16-,17-/m0/s1. The first-order valence-corrected chi connectivity index (χ1v) is 9.76. The molecule has 164 valence electrons. The maximum Gasteiger partial charge on any atom is 0.253 e. The SMILES string of the molecule is NC(=O)[C@H](CCCN=C(N)N)NC(=O)[C@H](Cc1ccccc1)NC(=O)c1cccnc1. The zero-order valence-corrected chi connectivity index (χ0v) is 17.0. The Hall–Kier alpha value is -3.95. The number of guanidine groups is 1. The van der Waals surface area contributed by atoms with Gasteiger partial charge >= 0.3 is 0 Å². The molecule has 31 heavy (non-hydrogen) atoms. The van der Waals surface area contributed by atoms with E-state index in [4.69, 9.17) is 17.2 Å². The molecule has 0 aliphatic carbocycles. The summed E-state index contributed by atoms with van der Waals surface area (Å²) in [5, 5.41) is 5.34. The lowest BCUT2D eigenvalue weighted by Crippen LogP contribution is -2.53. The predicted molar refractivity (Wildman–Crippen MR) is 117 cm³/mol. The molecule has 0 aliphatic heterocycles. The predicted octanol–water partition coefficient (Wildman–Crippen LogP) is -0.554. The van der Waals surface area contributed by atoms with Crippen LogP contribution in [0.1, 0.15) is 28.8 Å². The van der Waals surface area contributed by atoms with Crippen molar-refractivity contribution < 1.29 is 14.4 Å². The lowest BCUT2D eigenvalue weighted by atomic mass is 10.0. The molecule has 0 spiro atoms. The molecule has 0 saturated carbocycles. The van der Waals surface area contributed by atoms with Crippen LogP contribution in [0.15, 0.2) is 59.9 Å². The van der Waals surface area contributed by atoms with Crippen LogP contribution in [-0.2, 0) is 16.0 Å². The lowest BCUT2D eigenvalue weighted by molar-refractivity contribution is -0.128. The summed E-state index contributed by atoms with van der Waals surface area (Å²) in [6.07, 6.45) is 3.88. The molecular formula is C21H27N7O3. The molecule has 2 aromatic rings. The zero-order chi connectivity index (χ0) is 22.6. The van der Waals surface area contributed by atoms with E-state index >= 15 is 0 Å². The summed E-state index contributed by atoms with van der Waals surface area (Å²) in [6, 6.07) is 10.6. The summed E-state index contributed by atoms with van der Waals surface area (Å²) in [5.74, 6) is -1.71. The summed E-state index contributed by atoms with van der Waals surface area (Å²) < 4.78 is 0. The average Bonchev–Trinajstić information content (AvgIpc) is 2.76. The Morgan fingerprint density at radius 2 is 1.71 bits per heavy atom. The fourth-order valence-electron chi connectivity index (χ4n) is 2.86. The van der Waals surface area contributed by atoms with Crippen LogP contribution in [-0.4, -0.2) is 47.3 Å². The minimum atomic E-state index is -0.922. The van der Waals surface area contributed by atoms with Crippen molar-refractivity contribution in [1.82, 2.24) is 15.6 Å². The smallest absolute Gasteiger partial charge is 0.253 e. The van der Waals surface area contributed by atoms with Gasteiger partial charge in [-0.3, -0.25) is 24.4 Å². The van der Waals surface area contributed by atoms with Gasteiger partial charge in [0.15, 0.2) is 5.96 Å². The minimum absolute atomic E-state index is 0.0549. The third-order valence-corrected chi connectivity index (χ3v) is 4.43. The van der Waals surface area contributed by atoms with Crippen molar-refractivity contribution in [2.45, 2.75) is 31.3 Å². The number of amides is 3. The number of carbonyl (C=O) groups is 3. The Morgan fingerprint density at radius 1 is 0.968 bits per heavy atom. The Balaban J connectivity index is 2.10. The second kappa shape index (κ2) is 11.9. The monoisotopic (exact) mass is 425 g/mol. The Labute approximate surface area is 180 Å². The molecular weight excluding hydrogens is 398 g/mol. The quantitative estimate of drug-likeness (QED) is 0.183. The van der Waals surface area contributed by atoms with E-state index in [0.717, 1.165) is 5.56 Å². The van der Waals surface area contributed by atoms with Crippen molar-refractivity contribution >= 4 is 23.7 Å². The van der Waals surface area contributed by atoms with Crippen LogP contribution in [0.3, 0.4) is 0 Å². The number of rotatable bonds is 11. The van der Waals surface area contributed by atoms with Gasteiger partial charge in [0.1, 0.15) is 12.1 Å². The average molecular weight is 425 g/mol. The number of pyridine rings is 1. The molecule has 0 aliphatic rings. The van der Waals surface area contributed by atoms with Crippen molar-refractivity contribution in [1.29, 1.82) is 0 Å².